The van der Waals surface area contributed by atoms with Crippen LogP contribution < -0.4 is 4.90 Å². The fourth-order valence-electron chi connectivity index (χ4n) is 4.18. The second-order valence-corrected chi connectivity index (χ2v) is 13.5. The molecule has 1 aliphatic carbocycles. The Morgan fingerprint density at radius 3 is 2.46 bits per heavy atom. The summed E-state index contributed by atoms with van der Waals surface area (Å²) in [6, 6.07) is 6.06. The number of aliphatic hydroxyl groups is 2. The quantitative estimate of drug-likeness (QED) is 0.170. The number of halogens is 4. The van der Waals surface area contributed by atoms with E-state index in [9.17, 15) is 33.0 Å². The van der Waals surface area contributed by atoms with Gasteiger partial charge in [-0.05, 0) is 29.7 Å². The van der Waals surface area contributed by atoms with Crippen LogP contribution in [-0.2, 0) is 20.2 Å². The molecule has 0 bridgehead atoms. The number of nitrogens with zero attached hydrogens (tertiary/aromatic N) is 6. The predicted octanol–water partition coefficient (Wildman–Crippen LogP) is 2.38. The third-order valence-electron chi connectivity index (χ3n) is 6.24. The van der Waals surface area contributed by atoms with Crippen molar-refractivity contribution in [3.63, 3.8) is 0 Å². The van der Waals surface area contributed by atoms with Crippen LogP contribution in [0.25, 0.3) is 11.2 Å². The topological polar surface area (TPSA) is 204 Å². The smallest absolute Gasteiger partial charge is 0.390 e. The van der Waals surface area contributed by atoms with E-state index in [4.69, 9.17) is 33.0 Å². The van der Waals surface area contributed by atoms with E-state index in [0.717, 1.165) is 10.2 Å². The fourth-order valence-corrected chi connectivity index (χ4v) is 6.58. The van der Waals surface area contributed by atoms with Gasteiger partial charge in [-0.3, -0.25) is 9.13 Å². The molecule has 5 atom stereocenters. The van der Waals surface area contributed by atoms with Crippen LogP contribution >= 0.6 is 38.4 Å². The third kappa shape index (κ3) is 5.68. The van der Waals surface area contributed by atoms with E-state index in [2.05, 4.69) is 24.8 Å². The number of hydrogen-bond acceptors (Lipinski definition) is 10. The SMILES string of the molecule is CN(Cc1ccccc1Cl)c1nc(Cl)nc2c1nnn2[C@@H]1C[C@H](COP(=O)(O)C(F)(F)P(=O)(O)O)[C@@H](O)[C@H]1O. The zero-order valence-corrected chi connectivity index (χ0v) is 23.1. The van der Waals surface area contributed by atoms with Gasteiger partial charge < -0.3 is 34.3 Å². The molecule has 5 N–H and O–H groups in total. The number of aliphatic hydroxyl groups excluding tert-OH is 2. The van der Waals surface area contributed by atoms with Crippen molar-refractivity contribution in [1.82, 2.24) is 25.0 Å². The molecule has 0 aliphatic heterocycles. The second kappa shape index (κ2) is 10.9. The molecule has 1 saturated carbocycles. The molecule has 214 valence electrons. The highest BCUT2D eigenvalue weighted by Gasteiger charge is 2.65. The molecule has 2 aromatic heterocycles. The molecule has 2 heterocycles. The van der Waals surface area contributed by atoms with Crippen LogP contribution in [0.15, 0.2) is 24.3 Å². The van der Waals surface area contributed by atoms with Crippen LogP contribution in [0, 0.1) is 5.92 Å². The maximum Gasteiger partial charge on any atom is 0.443 e. The number of fused-ring (bicyclic) bond motifs is 1. The van der Waals surface area contributed by atoms with Gasteiger partial charge in [0.05, 0.1) is 18.8 Å². The number of alkyl halides is 2. The van der Waals surface area contributed by atoms with Gasteiger partial charge in [0.2, 0.25) is 5.28 Å². The van der Waals surface area contributed by atoms with Gasteiger partial charge >= 0.3 is 20.6 Å². The molecule has 0 saturated heterocycles. The molecular formula is C19H22Cl2F2N6O8P2. The normalized spacial score (nSPS) is 23.7. The first kappa shape index (κ1) is 30.1. The summed E-state index contributed by atoms with van der Waals surface area (Å²) in [7, 11) is -10.8. The molecule has 1 aliphatic rings. The van der Waals surface area contributed by atoms with E-state index in [-0.39, 0.29) is 28.7 Å². The van der Waals surface area contributed by atoms with Gasteiger partial charge in [-0.25, -0.2) is 4.68 Å². The van der Waals surface area contributed by atoms with Crippen molar-refractivity contribution in [2.45, 2.75) is 36.6 Å². The molecule has 1 fully saturated rings. The Bertz CT molecular complexity index is 1480. The number of benzene rings is 1. The highest BCUT2D eigenvalue weighted by molar-refractivity contribution is 7.72. The zero-order chi connectivity index (χ0) is 28.9. The Labute approximate surface area is 228 Å². The van der Waals surface area contributed by atoms with Crippen molar-refractivity contribution in [2.75, 3.05) is 18.6 Å². The Balaban J connectivity index is 1.58. The summed E-state index contributed by atoms with van der Waals surface area (Å²) in [5, 5.41) is 24.1. The molecule has 0 radical (unpaired) electrons. The summed E-state index contributed by atoms with van der Waals surface area (Å²) in [6.07, 6.45) is -3.46. The van der Waals surface area contributed by atoms with E-state index in [0.29, 0.717) is 11.6 Å². The van der Waals surface area contributed by atoms with E-state index < -0.39 is 51.4 Å². The zero-order valence-electron chi connectivity index (χ0n) is 19.8. The molecule has 1 aromatic carbocycles. The fraction of sp³-hybridized carbons (Fsp3) is 0.474. The van der Waals surface area contributed by atoms with Crippen LogP contribution in [0.3, 0.4) is 0 Å². The van der Waals surface area contributed by atoms with Crippen molar-refractivity contribution in [3.8, 4) is 0 Å². The first-order chi connectivity index (χ1) is 18.0. The Morgan fingerprint density at radius 2 is 1.82 bits per heavy atom. The lowest BCUT2D eigenvalue weighted by Gasteiger charge is -2.24. The summed E-state index contributed by atoms with van der Waals surface area (Å²) in [5.41, 5.74) is 1.02. The van der Waals surface area contributed by atoms with Crippen LogP contribution in [0.4, 0.5) is 14.6 Å². The van der Waals surface area contributed by atoms with E-state index in [1.165, 1.54) is 0 Å². The predicted molar refractivity (Wildman–Crippen MR) is 134 cm³/mol. The monoisotopic (exact) mass is 632 g/mol. The lowest BCUT2D eigenvalue weighted by Crippen LogP contribution is -2.31. The van der Waals surface area contributed by atoms with Gasteiger partial charge in [0.15, 0.2) is 17.0 Å². The number of aromatic nitrogens is 5. The standard InChI is InChI=1S/C19H22Cl2F2N6O8P2/c1-28(7-9-4-2-3-5-11(9)20)16-13-17(25-18(21)24-16)29(27-26-13)12-6-10(14(30)15(12)31)8-37-39(35,36)19(22,23)38(32,33)34/h2-5,10,12,14-15,30-31H,6-8H2,1H3,(H,35,36)(H2,32,33,34)/t10-,12-,14-,15+/m1/s1. The van der Waals surface area contributed by atoms with Crippen LogP contribution in [-0.4, -0.2) is 81.1 Å². The van der Waals surface area contributed by atoms with Crippen LogP contribution in [0.1, 0.15) is 18.0 Å². The molecular weight excluding hydrogens is 611 g/mol. The maximum absolute atomic E-state index is 13.8. The molecule has 0 amide bonds. The number of hydrogen-bond donors (Lipinski definition) is 5. The number of rotatable bonds is 9. The van der Waals surface area contributed by atoms with Gasteiger partial charge in [-0.15, -0.1) is 5.10 Å². The van der Waals surface area contributed by atoms with Crippen molar-refractivity contribution < 1.29 is 47.3 Å². The van der Waals surface area contributed by atoms with Crippen molar-refractivity contribution in [2.24, 2.45) is 5.92 Å². The van der Waals surface area contributed by atoms with E-state index in [1.54, 1.807) is 24.1 Å². The summed E-state index contributed by atoms with van der Waals surface area (Å²) in [5.74, 6) is -0.943. The second-order valence-electron chi connectivity index (χ2n) is 8.88. The van der Waals surface area contributed by atoms with Gasteiger partial charge in [-0.1, -0.05) is 35.0 Å². The lowest BCUT2D eigenvalue weighted by atomic mass is 10.1. The van der Waals surface area contributed by atoms with Gasteiger partial charge in [-0.2, -0.15) is 18.7 Å². The minimum Gasteiger partial charge on any atom is -0.390 e. The van der Waals surface area contributed by atoms with Crippen LogP contribution in [0.2, 0.25) is 10.3 Å². The molecule has 0 spiro atoms. The summed E-state index contributed by atoms with van der Waals surface area (Å²) in [4.78, 5) is 37.0. The minimum atomic E-state index is -6.34. The summed E-state index contributed by atoms with van der Waals surface area (Å²) >= 11 is 12.4. The Morgan fingerprint density at radius 1 is 1.15 bits per heavy atom. The summed E-state index contributed by atoms with van der Waals surface area (Å²) < 4.78 is 55.8. The lowest BCUT2D eigenvalue weighted by molar-refractivity contribution is -0.00594. The number of anilines is 1. The van der Waals surface area contributed by atoms with Gasteiger partial charge in [0.1, 0.15) is 6.10 Å². The minimum absolute atomic E-state index is 0.0645. The Hall–Kier alpha value is -1.84. The highest BCUT2D eigenvalue weighted by atomic mass is 35.5. The van der Waals surface area contributed by atoms with Crippen molar-refractivity contribution in [1.29, 1.82) is 0 Å². The molecule has 4 rings (SSSR count). The molecule has 20 heteroatoms. The molecule has 14 nitrogen and oxygen atoms in total. The molecule has 3 aromatic rings. The Kier molecular flexibility index (Phi) is 8.39. The molecule has 1 unspecified atom stereocenters. The molecule has 39 heavy (non-hydrogen) atoms. The van der Waals surface area contributed by atoms with Gasteiger partial charge in [0.25, 0.3) is 0 Å². The summed E-state index contributed by atoms with van der Waals surface area (Å²) in [6.45, 7) is -0.730. The van der Waals surface area contributed by atoms with Crippen LogP contribution in [0.5, 0.6) is 0 Å². The first-order valence-electron chi connectivity index (χ1n) is 11.0. The highest BCUT2D eigenvalue weighted by Crippen LogP contribution is 2.73. The van der Waals surface area contributed by atoms with Gasteiger partial charge in [0, 0.05) is 24.5 Å². The first-order valence-corrected chi connectivity index (χ1v) is 15.0. The van der Waals surface area contributed by atoms with Crippen molar-refractivity contribution >= 4 is 55.4 Å². The third-order valence-corrected chi connectivity index (χ3v) is 10.2. The van der Waals surface area contributed by atoms with Crippen molar-refractivity contribution in [3.05, 3.63) is 40.1 Å². The van der Waals surface area contributed by atoms with E-state index in [1.807, 2.05) is 12.1 Å². The van der Waals surface area contributed by atoms with E-state index >= 15 is 0 Å². The largest absolute Gasteiger partial charge is 0.443 e. The average molecular weight is 633 g/mol. The maximum atomic E-state index is 13.8. The average Bonchev–Trinajstić information content (AvgIpc) is 3.38.